The molecule has 0 aliphatic heterocycles. The van der Waals surface area contributed by atoms with Gasteiger partial charge in [-0.1, -0.05) is 0 Å². The van der Waals surface area contributed by atoms with Crippen molar-refractivity contribution in [2.45, 2.75) is 85.3 Å². The van der Waals surface area contributed by atoms with Gasteiger partial charge in [0.1, 0.15) is 0 Å². The molecule has 7 rings (SSSR count). The maximum absolute atomic E-state index is 5.87. The fourth-order valence-electron chi connectivity index (χ4n) is 10.0. The van der Waals surface area contributed by atoms with Crippen molar-refractivity contribution in [1.82, 2.24) is 0 Å². The second kappa shape index (κ2) is 11.4. The van der Waals surface area contributed by atoms with Crippen LogP contribution in [0.15, 0.2) is 76.1 Å². The molecule has 3 heteroatoms. The molecule has 0 bridgehead atoms. The monoisotopic (exact) mass is 650 g/mol. The van der Waals surface area contributed by atoms with Gasteiger partial charge in [0.25, 0.3) is 0 Å². The molecule has 4 aliphatic carbocycles. The summed E-state index contributed by atoms with van der Waals surface area (Å²) in [4.78, 5) is 0. The Morgan fingerprint density at radius 2 is 1.40 bits per heavy atom. The normalized spacial score (nSPS) is 20.5. The van der Waals surface area contributed by atoms with Gasteiger partial charge in [-0.3, -0.25) is 0 Å². The molecule has 3 aromatic carbocycles. The number of halogens is 2. The molecule has 0 aromatic heterocycles. The minimum atomic E-state index is -4.19. The Kier molecular flexibility index (Phi) is 8.63. The summed E-state index contributed by atoms with van der Waals surface area (Å²) in [6.45, 7) is 5.41. The van der Waals surface area contributed by atoms with Crippen molar-refractivity contribution in [2.75, 3.05) is 0 Å². The first kappa shape index (κ1) is 30.2. The summed E-state index contributed by atoms with van der Waals surface area (Å²) in [5.74, 6) is 1.65. The van der Waals surface area contributed by atoms with E-state index < -0.39 is 18.3 Å². The van der Waals surface area contributed by atoms with E-state index in [2.05, 4.69) is 86.7 Å². The molecule has 0 N–H and O–H groups in total. The number of fused-ring (bicyclic) bond motifs is 5. The first-order valence-electron chi connectivity index (χ1n) is 15.5. The number of hydrogen-bond donors (Lipinski definition) is 0. The average molecular weight is 653 g/mol. The van der Waals surface area contributed by atoms with Crippen LogP contribution in [0.3, 0.4) is 0 Å². The standard InChI is InChI=1S/C17H11.2C7H13.C5H5.CH2.2ClH.Zr/c1-3-7-14-12(5-1)9-10-16-15-8-4-2-6-13(15)11-17(14)16;2*1-2-7-5-3-4-6-7;1-2-4-5-3-1;;;;/h1-6,8-10H,11H2;2*2,7H,3-6H2,1H3;1-3H,4H2;1H2;2*1H;. The van der Waals surface area contributed by atoms with Crippen molar-refractivity contribution < 1.29 is 18.3 Å². The third kappa shape index (κ3) is 4.20. The Morgan fingerprint density at radius 1 is 0.750 bits per heavy atom. The molecule has 212 valence electrons. The van der Waals surface area contributed by atoms with E-state index in [0.717, 1.165) is 24.7 Å². The Bertz CT molecular complexity index is 1510. The summed E-state index contributed by atoms with van der Waals surface area (Å²) in [5.41, 5.74) is 6.02. The Balaban J connectivity index is 0.00000161. The summed E-state index contributed by atoms with van der Waals surface area (Å²) in [6, 6.07) is 21.4. The van der Waals surface area contributed by atoms with Crippen molar-refractivity contribution in [3.63, 3.8) is 0 Å². The van der Waals surface area contributed by atoms with Gasteiger partial charge in [0.15, 0.2) is 0 Å². The van der Waals surface area contributed by atoms with Crippen LogP contribution >= 0.6 is 24.8 Å². The zero-order valence-electron chi connectivity index (χ0n) is 24.3. The van der Waals surface area contributed by atoms with Gasteiger partial charge in [-0.2, -0.15) is 0 Å². The third-order valence-electron chi connectivity index (χ3n) is 12.3. The molecule has 2 saturated carbocycles. The van der Waals surface area contributed by atoms with Gasteiger partial charge in [-0.25, -0.2) is 0 Å². The summed E-state index contributed by atoms with van der Waals surface area (Å²) in [6.07, 6.45) is 20.9. The van der Waals surface area contributed by atoms with Crippen LogP contribution in [0, 0.1) is 11.8 Å². The fraction of sp³-hybridized carbons (Fsp3) is 0.432. The first-order valence-corrected chi connectivity index (χ1v) is 22.6. The molecule has 0 amide bonds. The number of allylic oxidation sites excluding steroid dienone is 4. The van der Waals surface area contributed by atoms with Crippen LogP contribution < -0.4 is 3.27 Å². The van der Waals surface area contributed by atoms with Gasteiger partial charge in [-0.15, -0.1) is 24.8 Å². The first-order chi connectivity index (χ1) is 18.5. The zero-order chi connectivity index (χ0) is 25.9. The van der Waals surface area contributed by atoms with Crippen molar-refractivity contribution in [2.24, 2.45) is 11.8 Å². The van der Waals surface area contributed by atoms with E-state index in [1.807, 2.05) is 0 Å². The zero-order valence-corrected chi connectivity index (χ0v) is 28.4. The van der Waals surface area contributed by atoms with E-state index in [4.69, 9.17) is 4.21 Å². The van der Waals surface area contributed by atoms with Gasteiger partial charge in [0.05, 0.1) is 0 Å². The van der Waals surface area contributed by atoms with E-state index in [9.17, 15) is 0 Å². The van der Waals surface area contributed by atoms with Crippen molar-refractivity contribution >= 4 is 43.1 Å². The van der Waals surface area contributed by atoms with Gasteiger partial charge in [0, 0.05) is 0 Å². The fourth-order valence-corrected chi connectivity index (χ4v) is 31.2. The van der Waals surface area contributed by atoms with Crippen LogP contribution in [-0.2, 0) is 24.7 Å². The summed E-state index contributed by atoms with van der Waals surface area (Å²) >= 11 is -4.19. The molecule has 2 fully saturated rings. The summed E-state index contributed by atoms with van der Waals surface area (Å²) in [7, 11) is 0. The second-order valence-electron chi connectivity index (χ2n) is 13.5. The van der Waals surface area contributed by atoms with Gasteiger partial charge >= 0.3 is 232 Å². The van der Waals surface area contributed by atoms with Crippen LogP contribution in [0.4, 0.5) is 0 Å². The number of hydrogen-bond acceptors (Lipinski definition) is 0. The Labute approximate surface area is 255 Å². The molecule has 40 heavy (non-hydrogen) atoms. The topological polar surface area (TPSA) is 0 Å². The SMILES string of the molecule is Cl.Cl.[CH2]=[Zr]([C]1=CC=CC1)([c]1cccc2ccc3c(c12)Cc1ccccc1-3)([CH](C)C1CCCC1)[CH](C)C1CCCC1. The Morgan fingerprint density at radius 3 is 2.02 bits per heavy atom. The number of rotatable bonds is 6. The van der Waals surface area contributed by atoms with Crippen LogP contribution in [0.25, 0.3) is 21.9 Å². The predicted molar refractivity (Wildman–Crippen MR) is 178 cm³/mol. The minimum absolute atomic E-state index is 0. The number of benzene rings is 3. The molecule has 3 aromatic rings. The van der Waals surface area contributed by atoms with Crippen molar-refractivity contribution in [3.05, 3.63) is 87.2 Å². The predicted octanol–water partition coefficient (Wildman–Crippen LogP) is 10.8. The van der Waals surface area contributed by atoms with Gasteiger partial charge in [0.2, 0.25) is 0 Å². The third-order valence-corrected chi connectivity index (χ3v) is 33.6. The molecule has 0 radical (unpaired) electrons. The van der Waals surface area contributed by atoms with E-state index in [-0.39, 0.29) is 24.8 Å². The maximum atomic E-state index is 5.87. The van der Waals surface area contributed by atoms with Crippen LogP contribution in [0.1, 0.15) is 82.8 Å². The quantitative estimate of drug-likeness (QED) is 0.194. The molecule has 4 aliphatic rings. The van der Waals surface area contributed by atoms with Gasteiger partial charge < -0.3 is 0 Å². The van der Waals surface area contributed by atoms with Crippen molar-refractivity contribution in [3.8, 4) is 11.1 Å². The van der Waals surface area contributed by atoms with Crippen LogP contribution in [0.5, 0.6) is 0 Å². The second-order valence-corrected chi connectivity index (χ2v) is 28.8. The molecule has 2 unspecified atom stereocenters. The van der Waals surface area contributed by atoms with Crippen LogP contribution in [-0.4, -0.2) is 4.21 Å². The molecule has 0 spiro atoms. The Hall–Kier alpha value is -1.27. The molecule has 2 atom stereocenters. The summed E-state index contributed by atoms with van der Waals surface area (Å²) in [5, 5.41) is 3.05. The molecule has 0 saturated heterocycles. The van der Waals surface area contributed by atoms with Crippen LogP contribution in [0.2, 0.25) is 7.25 Å². The van der Waals surface area contributed by atoms with Crippen molar-refractivity contribution in [1.29, 1.82) is 0 Å². The van der Waals surface area contributed by atoms with E-state index >= 15 is 0 Å². The van der Waals surface area contributed by atoms with Gasteiger partial charge in [-0.05, 0) is 0 Å². The van der Waals surface area contributed by atoms with E-state index in [1.165, 1.54) is 73.4 Å². The molecule has 0 heterocycles. The average Bonchev–Trinajstić information content (AvgIpc) is 3.77. The van der Waals surface area contributed by atoms with E-state index in [0.29, 0.717) is 7.25 Å². The molecule has 0 nitrogen and oxygen atoms in total. The molecular formula is C37H46Cl2Zr. The molecular weight excluding hydrogens is 607 g/mol. The van der Waals surface area contributed by atoms with E-state index in [1.54, 1.807) is 17.5 Å². The summed E-state index contributed by atoms with van der Waals surface area (Å²) < 4.78 is 10.8.